The van der Waals surface area contributed by atoms with Crippen LogP contribution in [0.25, 0.3) is 0 Å². The SMILES string of the molecule is CC(C)(C)OC(=O)N[C@H]1C[C@@H]1c1ccc(Cl)cc1. The van der Waals surface area contributed by atoms with Crippen molar-refractivity contribution in [3.05, 3.63) is 34.9 Å². The van der Waals surface area contributed by atoms with Gasteiger partial charge in [0.2, 0.25) is 0 Å². The number of carbonyl (C=O) groups excluding carboxylic acids is 1. The number of rotatable bonds is 2. The van der Waals surface area contributed by atoms with Crippen LogP contribution >= 0.6 is 11.6 Å². The first kappa shape index (κ1) is 13.2. The van der Waals surface area contributed by atoms with Crippen molar-refractivity contribution in [1.82, 2.24) is 5.32 Å². The molecule has 18 heavy (non-hydrogen) atoms. The van der Waals surface area contributed by atoms with Crippen molar-refractivity contribution in [3.8, 4) is 0 Å². The Hall–Kier alpha value is -1.22. The van der Waals surface area contributed by atoms with E-state index >= 15 is 0 Å². The van der Waals surface area contributed by atoms with Crippen molar-refractivity contribution >= 4 is 17.7 Å². The number of benzene rings is 1. The van der Waals surface area contributed by atoms with Crippen molar-refractivity contribution in [2.45, 2.75) is 44.8 Å². The van der Waals surface area contributed by atoms with Crippen LogP contribution in [0.3, 0.4) is 0 Å². The van der Waals surface area contributed by atoms with Crippen LogP contribution in [0, 0.1) is 0 Å². The molecule has 1 fully saturated rings. The maximum atomic E-state index is 11.6. The summed E-state index contributed by atoms with van der Waals surface area (Å²) in [5.74, 6) is 0.384. The average molecular weight is 268 g/mol. The summed E-state index contributed by atoms with van der Waals surface area (Å²) in [7, 11) is 0. The second-order valence-corrected chi connectivity index (χ2v) is 6.08. The van der Waals surface area contributed by atoms with Crippen LogP contribution in [-0.2, 0) is 4.74 Å². The van der Waals surface area contributed by atoms with Gasteiger partial charge in [-0.1, -0.05) is 23.7 Å². The van der Waals surface area contributed by atoms with Crippen LogP contribution in [0.15, 0.2) is 24.3 Å². The second-order valence-electron chi connectivity index (χ2n) is 5.65. The predicted molar refractivity (Wildman–Crippen MR) is 72.0 cm³/mol. The zero-order valence-electron chi connectivity index (χ0n) is 10.9. The topological polar surface area (TPSA) is 38.3 Å². The molecule has 1 aliphatic carbocycles. The van der Waals surface area contributed by atoms with Crippen molar-refractivity contribution in [2.75, 3.05) is 0 Å². The summed E-state index contributed by atoms with van der Waals surface area (Å²) in [4.78, 5) is 11.6. The number of nitrogens with one attached hydrogen (secondary N) is 1. The first-order valence-electron chi connectivity index (χ1n) is 6.10. The molecule has 0 saturated heterocycles. The Labute approximate surface area is 112 Å². The average Bonchev–Trinajstić information content (AvgIpc) is 2.95. The Balaban J connectivity index is 1.85. The molecule has 2 atom stereocenters. The minimum Gasteiger partial charge on any atom is -0.444 e. The molecule has 1 N–H and O–H groups in total. The van der Waals surface area contributed by atoms with Gasteiger partial charge in [0.25, 0.3) is 0 Å². The molecule has 4 heteroatoms. The lowest BCUT2D eigenvalue weighted by molar-refractivity contribution is 0.0523. The Bertz CT molecular complexity index is 436. The molecule has 0 bridgehead atoms. The monoisotopic (exact) mass is 267 g/mol. The van der Waals surface area contributed by atoms with Crippen LogP contribution < -0.4 is 5.32 Å². The molecule has 1 saturated carbocycles. The summed E-state index contributed by atoms with van der Waals surface area (Å²) >= 11 is 5.84. The number of amides is 1. The van der Waals surface area contributed by atoms with Gasteiger partial charge in [-0.25, -0.2) is 4.79 Å². The number of halogens is 1. The van der Waals surface area contributed by atoms with E-state index in [2.05, 4.69) is 5.32 Å². The van der Waals surface area contributed by atoms with Gasteiger partial charge in [-0.3, -0.25) is 0 Å². The summed E-state index contributed by atoms with van der Waals surface area (Å²) in [6, 6.07) is 7.94. The lowest BCUT2D eigenvalue weighted by Gasteiger charge is -2.19. The summed E-state index contributed by atoms with van der Waals surface area (Å²) < 4.78 is 5.22. The van der Waals surface area contributed by atoms with Gasteiger partial charge in [0.15, 0.2) is 0 Å². The first-order chi connectivity index (χ1) is 8.35. The molecule has 1 amide bonds. The highest BCUT2D eigenvalue weighted by Gasteiger charge is 2.40. The fourth-order valence-electron chi connectivity index (χ4n) is 1.89. The lowest BCUT2D eigenvalue weighted by Crippen LogP contribution is -2.34. The molecule has 1 aromatic rings. The van der Waals surface area contributed by atoms with Crippen LogP contribution in [0.4, 0.5) is 4.79 Å². The van der Waals surface area contributed by atoms with Gasteiger partial charge in [0.05, 0.1) is 0 Å². The standard InChI is InChI=1S/C14H18ClNO2/c1-14(2,3)18-13(17)16-12-8-11(12)9-4-6-10(15)7-5-9/h4-7,11-12H,8H2,1-3H3,(H,16,17)/t11-,12+/m1/s1. The highest BCUT2D eigenvalue weighted by Crippen LogP contribution is 2.41. The zero-order chi connectivity index (χ0) is 13.3. The number of hydrogen-bond donors (Lipinski definition) is 1. The van der Waals surface area contributed by atoms with Gasteiger partial charge in [-0.05, 0) is 44.9 Å². The van der Waals surface area contributed by atoms with E-state index in [9.17, 15) is 4.79 Å². The van der Waals surface area contributed by atoms with Crippen LogP contribution in [0.1, 0.15) is 38.7 Å². The van der Waals surface area contributed by atoms with Gasteiger partial charge in [0, 0.05) is 17.0 Å². The molecule has 0 heterocycles. The lowest BCUT2D eigenvalue weighted by atomic mass is 10.1. The van der Waals surface area contributed by atoms with Gasteiger partial charge in [-0.2, -0.15) is 0 Å². The third-order valence-electron chi connectivity index (χ3n) is 2.79. The highest BCUT2D eigenvalue weighted by atomic mass is 35.5. The molecule has 0 spiro atoms. The van der Waals surface area contributed by atoms with E-state index in [-0.39, 0.29) is 12.1 Å². The largest absolute Gasteiger partial charge is 0.444 e. The molecule has 3 nitrogen and oxygen atoms in total. The zero-order valence-corrected chi connectivity index (χ0v) is 11.6. The first-order valence-corrected chi connectivity index (χ1v) is 6.48. The van der Waals surface area contributed by atoms with Crippen molar-refractivity contribution < 1.29 is 9.53 Å². The van der Waals surface area contributed by atoms with Gasteiger partial charge in [-0.15, -0.1) is 0 Å². The van der Waals surface area contributed by atoms with E-state index in [1.165, 1.54) is 5.56 Å². The van der Waals surface area contributed by atoms with Crippen LogP contribution in [0.5, 0.6) is 0 Å². The summed E-state index contributed by atoms with van der Waals surface area (Å²) in [5, 5.41) is 3.61. The third kappa shape index (κ3) is 3.64. The Morgan fingerprint density at radius 1 is 1.33 bits per heavy atom. The van der Waals surface area contributed by atoms with Crippen LogP contribution in [-0.4, -0.2) is 17.7 Å². The maximum Gasteiger partial charge on any atom is 0.407 e. The molecule has 0 aliphatic heterocycles. The van der Waals surface area contributed by atoms with Crippen LogP contribution in [0.2, 0.25) is 5.02 Å². The fraction of sp³-hybridized carbons (Fsp3) is 0.500. The van der Waals surface area contributed by atoms with Crippen molar-refractivity contribution in [3.63, 3.8) is 0 Å². The normalized spacial score (nSPS) is 22.4. The molecular weight excluding hydrogens is 250 g/mol. The maximum absolute atomic E-state index is 11.6. The summed E-state index contributed by atoms with van der Waals surface area (Å²) in [6.07, 6.45) is 0.616. The quantitative estimate of drug-likeness (QED) is 0.887. The van der Waals surface area contributed by atoms with E-state index < -0.39 is 5.60 Å². The van der Waals surface area contributed by atoms with Gasteiger partial charge >= 0.3 is 6.09 Å². The second kappa shape index (κ2) is 4.81. The Morgan fingerprint density at radius 2 is 1.94 bits per heavy atom. The predicted octanol–water partition coefficient (Wildman–Crippen LogP) is 3.72. The number of alkyl carbamates (subject to hydrolysis) is 1. The minimum atomic E-state index is -0.450. The van der Waals surface area contributed by atoms with Gasteiger partial charge < -0.3 is 10.1 Å². The third-order valence-corrected chi connectivity index (χ3v) is 3.04. The Kier molecular flexibility index (Phi) is 3.53. The van der Waals surface area contributed by atoms with E-state index in [0.717, 1.165) is 11.4 Å². The van der Waals surface area contributed by atoms with E-state index in [1.807, 2.05) is 45.0 Å². The van der Waals surface area contributed by atoms with Crippen molar-refractivity contribution in [2.24, 2.45) is 0 Å². The fourth-order valence-corrected chi connectivity index (χ4v) is 2.02. The van der Waals surface area contributed by atoms with E-state index in [4.69, 9.17) is 16.3 Å². The number of ether oxygens (including phenoxy) is 1. The molecule has 2 rings (SSSR count). The summed E-state index contributed by atoms with van der Waals surface area (Å²) in [6.45, 7) is 5.57. The molecule has 0 radical (unpaired) electrons. The Morgan fingerprint density at radius 3 is 2.50 bits per heavy atom. The molecule has 1 aromatic carbocycles. The molecule has 0 unspecified atom stereocenters. The number of carbonyl (C=O) groups is 1. The molecule has 0 aromatic heterocycles. The van der Waals surface area contributed by atoms with E-state index in [0.29, 0.717) is 5.92 Å². The van der Waals surface area contributed by atoms with Gasteiger partial charge in [0.1, 0.15) is 5.60 Å². The van der Waals surface area contributed by atoms with E-state index in [1.54, 1.807) is 0 Å². The smallest absolute Gasteiger partial charge is 0.407 e. The molecular formula is C14H18ClNO2. The minimum absolute atomic E-state index is 0.182. The highest BCUT2D eigenvalue weighted by molar-refractivity contribution is 6.30. The van der Waals surface area contributed by atoms with Crippen molar-refractivity contribution in [1.29, 1.82) is 0 Å². The summed E-state index contributed by atoms with van der Waals surface area (Å²) in [5.41, 5.74) is 0.759. The number of hydrogen-bond acceptors (Lipinski definition) is 2. The molecule has 1 aliphatic rings. The molecule has 98 valence electrons.